The topological polar surface area (TPSA) is 80.6 Å². The highest BCUT2D eigenvalue weighted by Crippen LogP contribution is 2.14. The highest BCUT2D eigenvalue weighted by Gasteiger charge is 2.12. The molecule has 0 saturated carbocycles. The van der Waals surface area contributed by atoms with Gasteiger partial charge in [-0.1, -0.05) is 18.2 Å². The van der Waals surface area contributed by atoms with Crippen molar-refractivity contribution < 1.29 is 18.7 Å². The van der Waals surface area contributed by atoms with E-state index in [0.29, 0.717) is 24.4 Å². The molecule has 0 aliphatic carbocycles. The molecule has 134 valence electrons. The smallest absolute Gasteiger partial charge is 0.305 e. The maximum Gasteiger partial charge on any atom is 0.305 e. The number of thiophene rings is 1. The van der Waals surface area contributed by atoms with Gasteiger partial charge in [0.05, 0.1) is 0 Å². The van der Waals surface area contributed by atoms with Gasteiger partial charge in [0.15, 0.2) is 5.76 Å². The number of para-hydroxylation sites is 1. The Morgan fingerprint density at radius 2 is 1.88 bits per heavy atom. The average Bonchev–Trinajstić information content (AvgIpc) is 3.35. The maximum atomic E-state index is 12.0. The number of hydrazine groups is 1. The van der Waals surface area contributed by atoms with Gasteiger partial charge in [0.1, 0.15) is 18.1 Å². The lowest BCUT2D eigenvalue weighted by Gasteiger charge is -2.06. The van der Waals surface area contributed by atoms with E-state index in [4.69, 9.17) is 9.15 Å². The van der Waals surface area contributed by atoms with E-state index in [1.165, 1.54) is 6.07 Å². The van der Waals surface area contributed by atoms with Crippen molar-refractivity contribution in [2.75, 3.05) is 0 Å². The van der Waals surface area contributed by atoms with Crippen LogP contribution in [-0.4, -0.2) is 11.8 Å². The SMILES string of the molecule is O=C(CCc1ccsc1)NNC(=O)c1ccc(COc2ccccc2)o1. The van der Waals surface area contributed by atoms with Crippen LogP contribution in [0.2, 0.25) is 0 Å². The summed E-state index contributed by atoms with van der Waals surface area (Å²) in [5, 5.41) is 3.96. The zero-order valence-corrected chi connectivity index (χ0v) is 14.8. The first-order valence-corrected chi connectivity index (χ1v) is 9.02. The summed E-state index contributed by atoms with van der Waals surface area (Å²) in [6, 6.07) is 14.5. The molecule has 26 heavy (non-hydrogen) atoms. The van der Waals surface area contributed by atoms with Crippen molar-refractivity contribution in [2.45, 2.75) is 19.4 Å². The molecule has 0 fully saturated rings. The van der Waals surface area contributed by atoms with Gasteiger partial charge < -0.3 is 9.15 Å². The molecular weight excluding hydrogens is 352 g/mol. The number of carbonyl (C=O) groups is 2. The molecule has 0 unspecified atom stereocenters. The Hall–Kier alpha value is -3.06. The third-order valence-electron chi connectivity index (χ3n) is 3.55. The van der Waals surface area contributed by atoms with E-state index in [-0.39, 0.29) is 18.3 Å². The number of hydrogen-bond acceptors (Lipinski definition) is 5. The van der Waals surface area contributed by atoms with Crippen LogP contribution in [0, 0.1) is 0 Å². The van der Waals surface area contributed by atoms with Crippen LogP contribution in [0.25, 0.3) is 0 Å². The van der Waals surface area contributed by atoms with Gasteiger partial charge in [-0.05, 0) is 53.1 Å². The van der Waals surface area contributed by atoms with Crippen LogP contribution in [0.5, 0.6) is 5.75 Å². The summed E-state index contributed by atoms with van der Waals surface area (Å²) in [6.07, 6.45) is 0.929. The van der Waals surface area contributed by atoms with Crippen LogP contribution < -0.4 is 15.6 Å². The monoisotopic (exact) mass is 370 g/mol. The first-order chi connectivity index (χ1) is 12.7. The minimum absolute atomic E-state index is 0.106. The van der Waals surface area contributed by atoms with Crippen molar-refractivity contribution in [3.8, 4) is 5.75 Å². The molecule has 7 heteroatoms. The van der Waals surface area contributed by atoms with Crippen LogP contribution >= 0.6 is 11.3 Å². The first kappa shape index (κ1) is 17.8. The van der Waals surface area contributed by atoms with E-state index < -0.39 is 5.91 Å². The molecule has 1 aromatic carbocycles. The van der Waals surface area contributed by atoms with Crippen LogP contribution in [-0.2, 0) is 17.8 Å². The molecule has 3 aromatic rings. The van der Waals surface area contributed by atoms with E-state index in [1.54, 1.807) is 17.4 Å². The van der Waals surface area contributed by atoms with Gasteiger partial charge in [-0.25, -0.2) is 0 Å². The van der Waals surface area contributed by atoms with Gasteiger partial charge in [-0.3, -0.25) is 20.4 Å². The predicted molar refractivity (Wildman–Crippen MR) is 97.7 cm³/mol. The second kappa shape index (κ2) is 8.87. The number of rotatable bonds is 7. The Labute approximate surface area is 154 Å². The van der Waals surface area contributed by atoms with E-state index in [2.05, 4.69) is 10.9 Å². The second-order valence-corrected chi connectivity index (χ2v) is 6.28. The molecule has 0 saturated heterocycles. The minimum atomic E-state index is -0.514. The molecule has 2 aromatic heterocycles. The van der Waals surface area contributed by atoms with Crippen molar-refractivity contribution >= 4 is 23.2 Å². The van der Waals surface area contributed by atoms with Crippen LogP contribution in [0.1, 0.15) is 28.3 Å². The van der Waals surface area contributed by atoms with E-state index >= 15 is 0 Å². The summed E-state index contributed by atoms with van der Waals surface area (Å²) in [6.45, 7) is 0.213. The van der Waals surface area contributed by atoms with Crippen LogP contribution in [0.3, 0.4) is 0 Å². The Morgan fingerprint density at radius 1 is 1.04 bits per heavy atom. The number of carbonyl (C=O) groups excluding carboxylic acids is 2. The summed E-state index contributed by atoms with van der Waals surface area (Å²) < 4.78 is 11.0. The Bertz CT molecular complexity index is 844. The number of ether oxygens (including phenoxy) is 1. The minimum Gasteiger partial charge on any atom is -0.486 e. The van der Waals surface area contributed by atoms with E-state index in [0.717, 1.165) is 5.56 Å². The normalized spacial score (nSPS) is 10.3. The summed E-state index contributed by atoms with van der Waals surface area (Å²) in [5.74, 6) is 0.564. The molecule has 0 radical (unpaired) electrons. The van der Waals surface area contributed by atoms with Crippen molar-refractivity contribution in [2.24, 2.45) is 0 Å². The molecule has 2 heterocycles. The molecule has 3 rings (SSSR count). The largest absolute Gasteiger partial charge is 0.486 e. The van der Waals surface area contributed by atoms with Crippen molar-refractivity contribution in [1.82, 2.24) is 10.9 Å². The maximum absolute atomic E-state index is 12.0. The molecule has 2 N–H and O–H groups in total. The fourth-order valence-electron chi connectivity index (χ4n) is 2.19. The predicted octanol–water partition coefficient (Wildman–Crippen LogP) is 3.31. The Morgan fingerprint density at radius 3 is 2.65 bits per heavy atom. The number of amides is 2. The highest BCUT2D eigenvalue weighted by atomic mass is 32.1. The first-order valence-electron chi connectivity index (χ1n) is 8.07. The van der Waals surface area contributed by atoms with Gasteiger partial charge in [-0.15, -0.1) is 0 Å². The number of hydrogen-bond donors (Lipinski definition) is 2. The van der Waals surface area contributed by atoms with Crippen LogP contribution in [0.4, 0.5) is 0 Å². The molecular formula is C19H18N2O4S. The molecule has 0 aliphatic rings. The third kappa shape index (κ3) is 5.22. The van der Waals surface area contributed by atoms with Gasteiger partial charge >= 0.3 is 5.91 Å². The fourth-order valence-corrected chi connectivity index (χ4v) is 2.90. The number of nitrogens with one attached hydrogen (secondary N) is 2. The second-order valence-electron chi connectivity index (χ2n) is 5.50. The highest BCUT2D eigenvalue weighted by molar-refractivity contribution is 7.07. The summed E-state index contributed by atoms with van der Waals surface area (Å²) in [5.41, 5.74) is 5.83. The molecule has 0 aliphatic heterocycles. The number of benzene rings is 1. The van der Waals surface area contributed by atoms with Crippen molar-refractivity contribution in [3.63, 3.8) is 0 Å². The Balaban J connectivity index is 1.42. The van der Waals surface area contributed by atoms with Crippen molar-refractivity contribution in [3.05, 3.63) is 76.4 Å². The number of furan rings is 1. The quantitative estimate of drug-likeness (QED) is 0.625. The van der Waals surface area contributed by atoms with Gasteiger partial charge in [0, 0.05) is 6.42 Å². The molecule has 0 bridgehead atoms. The Kier molecular flexibility index (Phi) is 6.05. The van der Waals surface area contributed by atoms with Gasteiger partial charge in [0.2, 0.25) is 5.91 Å². The lowest BCUT2D eigenvalue weighted by molar-refractivity contribution is -0.121. The van der Waals surface area contributed by atoms with Crippen molar-refractivity contribution in [1.29, 1.82) is 0 Å². The summed E-state index contributed by atoms with van der Waals surface area (Å²) in [7, 11) is 0. The van der Waals surface area contributed by atoms with E-state index in [9.17, 15) is 9.59 Å². The lowest BCUT2D eigenvalue weighted by Crippen LogP contribution is -2.41. The molecule has 0 spiro atoms. The van der Waals surface area contributed by atoms with E-state index in [1.807, 2.05) is 47.2 Å². The van der Waals surface area contributed by atoms with Gasteiger partial charge in [-0.2, -0.15) is 11.3 Å². The zero-order valence-electron chi connectivity index (χ0n) is 13.9. The molecule has 0 atom stereocenters. The lowest BCUT2D eigenvalue weighted by atomic mass is 10.2. The molecule has 6 nitrogen and oxygen atoms in total. The average molecular weight is 370 g/mol. The summed E-state index contributed by atoms with van der Waals surface area (Å²) >= 11 is 1.59. The van der Waals surface area contributed by atoms with Crippen LogP contribution in [0.15, 0.2) is 63.7 Å². The standard InChI is InChI=1S/C19H18N2O4S/c22-18(9-6-14-10-11-26-13-14)20-21-19(23)17-8-7-16(25-17)12-24-15-4-2-1-3-5-15/h1-5,7-8,10-11,13H,6,9,12H2,(H,20,22)(H,21,23). The fraction of sp³-hybridized carbons (Fsp3) is 0.158. The van der Waals surface area contributed by atoms with Gasteiger partial charge in [0.25, 0.3) is 0 Å². The summed E-state index contributed by atoms with van der Waals surface area (Å²) in [4.78, 5) is 23.8. The zero-order chi connectivity index (χ0) is 18.2. The molecule has 2 amide bonds. The third-order valence-corrected chi connectivity index (χ3v) is 4.28. The number of aryl methyl sites for hydroxylation is 1.